The second-order valence-corrected chi connectivity index (χ2v) is 7.95. The quantitative estimate of drug-likeness (QED) is 0.629. The molecule has 0 unspecified atom stereocenters. The van der Waals surface area contributed by atoms with Crippen molar-refractivity contribution in [3.05, 3.63) is 59.5 Å². The molecule has 7 nitrogen and oxygen atoms in total. The molecule has 2 aromatic carbocycles. The second kappa shape index (κ2) is 7.47. The molecule has 0 spiro atoms. The summed E-state index contributed by atoms with van der Waals surface area (Å²) in [5.74, 6) is 0.713. The number of nitrogens with zero attached hydrogens (tertiary/aromatic N) is 1. The summed E-state index contributed by atoms with van der Waals surface area (Å²) in [4.78, 5) is 11.4. The molecule has 0 atom stereocenters. The van der Waals surface area contributed by atoms with Crippen molar-refractivity contribution in [3.63, 3.8) is 0 Å². The van der Waals surface area contributed by atoms with Gasteiger partial charge in [-0.1, -0.05) is 11.2 Å². The molecule has 1 aromatic heterocycles. The van der Waals surface area contributed by atoms with Gasteiger partial charge >= 0.3 is 0 Å². The van der Waals surface area contributed by atoms with Crippen LogP contribution in [-0.2, 0) is 10.0 Å². The van der Waals surface area contributed by atoms with Gasteiger partial charge in [-0.3, -0.25) is 9.52 Å². The highest BCUT2D eigenvalue weighted by molar-refractivity contribution is 7.92. The predicted octanol–water partition coefficient (Wildman–Crippen LogP) is 3.97. The summed E-state index contributed by atoms with van der Waals surface area (Å²) >= 11 is 0. The number of Topliss-reactive ketones (excluding diaryl/α,β-unsaturated/α-hetero) is 1. The summed E-state index contributed by atoms with van der Waals surface area (Å²) in [5.41, 5.74) is 2.91. The minimum atomic E-state index is -3.94. The van der Waals surface area contributed by atoms with Crippen LogP contribution in [0.25, 0.3) is 11.1 Å². The number of hydrogen-bond acceptors (Lipinski definition) is 6. The van der Waals surface area contributed by atoms with Gasteiger partial charge in [-0.05, 0) is 62.7 Å². The fourth-order valence-corrected chi connectivity index (χ4v) is 4.18. The SMILES string of the molecule is COc1ccc(-c2c(C)noc2C)cc1S(=O)(=O)Nc1ccc(C(C)=O)cc1. The van der Waals surface area contributed by atoms with Gasteiger partial charge in [0.2, 0.25) is 0 Å². The van der Waals surface area contributed by atoms with Crippen LogP contribution in [0.2, 0.25) is 0 Å². The minimum Gasteiger partial charge on any atom is -0.495 e. The van der Waals surface area contributed by atoms with Crippen LogP contribution in [0.1, 0.15) is 28.7 Å². The van der Waals surface area contributed by atoms with Gasteiger partial charge in [-0.15, -0.1) is 0 Å². The van der Waals surface area contributed by atoms with E-state index < -0.39 is 10.0 Å². The third-order valence-electron chi connectivity index (χ3n) is 4.32. The highest BCUT2D eigenvalue weighted by Crippen LogP contribution is 2.34. The molecule has 146 valence electrons. The minimum absolute atomic E-state index is 0.0110. The van der Waals surface area contributed by atoms with Crippen molar-refractivity contribution in [2.75, 3.05) is 11.8 Å². The number of methoxy groups -OCH3 is 1. The first-order valence-corrected chi connectivity index (χ1v) is 9.96. The largest absolute Gasteiger partial charge is 0.495 e. The molecule has 3 rings (SSSR count). The van der Waals surface area contributed by atoms with E-state index in [0.717, 1.165) is 5.56 Å². The molecule has 3 aromatic rings. The van der Waals surface area contributed by atoms with Crippen LogP contribution >= 0.6 is 0 Å². The van der Waals surface area contributed by atoms with Gasteiger partial charge in [0.15, 0.2) is 5.78 Å². The average molecular weight is 400 g/mol. The van der Waals surface area contributed by atoms with Crippen LogP contribution < -0.4 is 9.46 Å². The fourth-order valence-electron chi connectivity index (χ4n) is 2.92. The molecule has 0 amide bonds. The smallest absolute Gasteiger partial charge is 0.265 e. The van der Waals surface area contributed by atoms with Crippen LogP contribution in [0.15, 0.2) is 51.9 Å². The molecule has 0 aliphatic carbocycles. The maximum atomic E-state index is 13.0. The van der Waals surface area contributed by atoms with Crippen LogP contribution in [0.4, 0.5) is 5.69 Å². The predicted molar refractivity (Wildman–Crippen MR) is 105 cm³/mol. The van der Waals surface area contributed by atoms with Crippen molar-refractivity contribution >= 4 is 21.5 Å². The van der Waals surface area contributed by atoms with Crippen molar-refractivity contribution < 1.29 is 22.5 Å². The van der Waals surface area contributed by atoms with Crippen molar-refractivity contribution in [1.29, 1.82) is 0 Å². The first-order chi connectivity index (χ1) is 13.2. The molecule has 1 N–H and O–H groups in total. The maximum Gasteiger partial charge on any atom is 0.265 e. The first kappa shape index (κ1) is 19.6. The molecule has 0 radical (unpaired) electrons. The third kappa shape index (κ3) is 3.77. The van der Waals surface area contributed by atoms with E-state index in [2.05, 4.69) is 9.88 Å². The van der Waals surface area contributed by atoms with E-state index in [1.54, 1.807) is 50.2 Å². The zero-order chi connectivity index (χ0) is 20.5. The number of nitrogens with one attached hydrogen (secondary N) is 1. The molecule has 0 saturated heterocycles. The number of carbonyl (C=O) groups is 1. The van der Waals surface area contributed by atoms with Crippen molar-refractivity contribution in [2.45, 2.75) is 25.7 Å². The number of aromatic nitrogens is 1. The summed E-state index contributed by atoms with van der Waals surface area (Å²) in [6, 6.07) is 11.1. The molecule has 0 aliphatic heterocycles. The van der Waals surface area contributed by atoms with E-state index in [9.17, 15) is 13.2 Å². The van der Waals surface area contributed by atoms with E-state index in [0.29, 0.717) is 28.3 Å². The summed E-state index contributed by atoms with van der Waals surface area (Å²) < 4.78 is 38.9. The zero-order valence-electron chi connectivity index (χ0n) is 15.9. The topological polar surface area (TPSA) is 98.5 Å². The first-order valence-electron chi connectivity index (χ1n) is 8.48. The zero-order valence-corrected chi connectivity index (χ0v) is 16.8. The highest BCUT2D eigenvalue weighted by atomic mass is 32.2. The lowest BCUT2D eigenvalue weighted by Gasteiger charge is -2.13. The number of anilines is 1. The molecule has 28 heavy (non-hydrogen) atoms. The van der Waals surface area contributed by atoms with E-state index in [4.69, 9.17) is 9.26 Å². The van der Waals surface area contributed by atoms with Crippen molar-refractivity contribution in [2.24, 2.45) is 0 Å². The van der Waals surface area contributed by atoms with Crippen molar-refractivity contribution in [1.82, 2.24) is 5.16 Å². The number of rotatable bonds is 6. The van der Waals surface area contributed by atoms with Gasteiger partial charge < -0.3 is 9.26 Å². The van der Waals surface area contributed by atoms with Crippen LogP contribution in [0, 0.1) is 13.8 Å². The van der Waals surface area contributed by atoms with Crippen LogP contribution in [-0.4, -0.2) is 26.5 Å². The molecule has 0 saturated carbocycles. The van der Waals surface area contributed by atoms with Gasteiger partial charge in [-0.2, -0.15) is 0 Å². The Balaban J connectivity index is 2.02. The Morgan fingerprint density at radius 3 is 2.32 bits per heavy atom. The average Bonchev–Trinajstić information content (AvgIpc) is 2.99. The third-order valence-corrected chi connectivity index (χ3v) is 5.72. The molecule has 8 heteroatoms. The van der Waals surface area contributed by atoms with Gasteiger partial charge in [0.1, 0.15) is 16.4 Å². The van der Waals surface area contributed by atoms with Gasteiger partial charge in [0, 0.05) is 16.8 Å². The number of ketones is 1. The van der Waals surface area contributed by atoms with E-state index in [1.165, 1.54) is 20.1 Å². The van der Waals surface area contributed by atoms with E-state index >= 15 is 0 Å². The Labute approximate surface area is 163 Å². The lowest BCUT2D eigenvalue weighted by atomic mass is 10.0. The summed E-state index contributed by atoms with van der Waals surface area (Å²) in [6.07, 6.45) is 0. The molecular formula is C20H20N2O5S. The summed E-state index contributed by atoms with van der Waals surface area (Å²) in [5, 5.41) is 3.92. The summed E-state index contributed by atoms with van der Waals surface area (Å²) in [7, 11) is -2.53. The van der Waals surface area contributed by atoms with E-state index in [1.807, 2.05) is 0 Å². The van der Waals surface area contributed by atoms with Crippen LogP contribution in [0.3, 0.4) is 0 Å². The molecule has 0 bridgehead atoms. The Morgan fingerprint density at radius 1 is 1.11 bits per heavy atom. The number of aryl methyl sites for hydroxylation is 2. The molecule has 1 heterocycles. The van der Waals surface area contributed by atoms with Gasteiger partial charge in [0.25, 0.3) is 10.0 Å². The number of hydrogen-bond donors (Lipinski definition) is 1. The summed E-state index contributed by atoms with van der Waals surface area (Å²) in [6.45, 7) is 5.01. The van der Waals surface area contributed by atoms with Crippen LogP contribution in [0.5, 0.6) is 5.75 Å². The number of ether oxygens (including phenoxy) is 1. The lowest BCUT2D eigenvalue weighted by molar-refractivity contribution is 0.101. The van der Waals surface area contributed by atoms with Gasteiger partial charge in [0.05, 0.1) is 12.8 Å². The Morgan fingerprint density at radius 2 is 1.79 bits per heavy atom. The molecule has 0 aliphatic rings. The Kier molecular flexibility index (Phi) is 5.24. The maximum absolute atomic E-state index is 13.0. The number of benzene rings is 2. The molecular weight excluding hydrogens is 380 g/mol. The Bertz CT molecular complexity index is 1110. The monoisotopic (exact) mass is 400 g/mol. The Hall–Kier alpha value is -3.13. The second-order valence-electron chi connectivity index (χ2n) is 6.30. The van der Waals surface area contributed by atoms with Gasteiger partial charge in [-0.25, -0.2) is 8.42 Å². The number of sulfonamides is 1. The normalized spacial score (nSPS) is 11.3. The molecule has 0 fully saturated rings. The van der Waals surface area contributed by atoms with Crippen molar-refractivity contribution in [3.8, 4) is 16.9 Å². The fraction of sp³-hybridized carbons (Fsp3) is 0.200. The number of carbonyl (C=O) groups excluding carboxylic acids is 1. The van der Waals surface area contributed by atoms with E-state index in [-0.39, 0.29) is 16.4 Å². The highest BCUT2D eigenvalue weighted by Gasteiger charge is 2.22. The standard InChI is InChI=1S/C20H20N2O5S/c1-12-20(14(3)27-21-12)16-7-10-18(26-4)19(11-16)28(24,25)22-17-8-5-15(6-9-17)13(2)23/h5-11,22H,1-4H3. The lowest BCUT2D eigenvalue weighted by Crippen LogP contribution is -2.14.